The Labute approximate surface area is 83.5 Å². The summed E-state index contributed by atoms with van der Waals surface area (Å²) in [5.41, 5.74) is 3.51. The maximum atomic E-state index is 11.9. The fraction of sp³-hybridized carbons (Fsp3) is 0.417. The van der Waals surface area contributed by atoms with Crippen LogP contribution in [0.25, 0.3) is 0 Å². The molecule has 72 valence electrons. The van der Waals surface area contributed by atoms with Crippen LogP contribution in [0.3, 0.4) is 0 Å². The first-order valence-corrected chi connectivity index (χ1v) is 5.18. The fourth-order valence-corrected chi connectivity index (χ4v) is 2.59. The van der Waals surface area contributed by atoms with Crippen LogP contribution in [-0.4, -0.2) is 18.9 Å². The molecule has 0 aromatic heterocycles. The Morgan fingerprint density at radius 2 is 2.29 bits per heavy atom. The Morgan fingerprint density at radius 1 is 1.43 bits per heavy atom. The molecular weight excluding hydrogens is 174 g/mol. The molecule has 3 rings (SSSR count). The second-order valence-electron chi connectivity index (χ2n) is 4.27. The second-order valence-corrected chi connectivity index (χ2v) is 4.27. The Hall–Kier alpha value is -1.31. The molecule has 1 aromatic carbocycles. The summed E-state index contributed by atoms with van der Waals surface area (Å²) in [6, 6.07) is 6.12. The van der Waals surface area contributed by atoms with Crippen LogP contribution in [0, 0.1) is 5.92 Å². The summed E-state index contributed by atoms with van der Waals surface area (Å²) >= 11 is 0. The van der Waals surface area contributed by atoms with Gasteiger partial charge in [-0.25, -0.2) is 0 Å². The lowest BCUT2D eigenvalue weighted by Gasteiger charge is -2.30. The van der Waals surface area contributed by atoms with E-state index >= 15 is 0 Å². The van der Waals surface area contributed by atoms with Gasteiger partial charge in [0.2, 0.25) is 0 Å². The van der Waals surface area contributed by atoms with E-state index in [4.69, 9.17) is 0 Å². The van der Waals surface area contributed by atoms with E-state index in [0.29, 0.717) is 5.78 Å². The van der Waals surface area contributed by atoms with Gasteiger partial charge in [-0.2, -0.15) is 0 Å². The highest BCUT2D eigenvalue weighted by Crippen LogP contribution is 2.37. The first-order valence-electron chi connectivity index (χ1n) is 5.18. The summed E-state index contributed by atoms with van der Waals surface area (Å²) in [6.07, 6.45) is 1.10. The van der Waals surface area contributed by atoms with E-state index in [1.807, 2.05) is 19.1 Å². The highest BCUT2D eigenvalue weighted by Gasteiger charge is 2.33. The van der Waals surface area contributed by atoms with E-state index in [9.17, 15) is 4.79 Å². The highest BCUT2D eigenvalue weighted by atomic mass is 16.1. The standard InChI is InChI=1S/C12H13NO/c1-8-7-13-6-5-9-3-2-4-10(11(9)13)12(8)14/h2-4,8H,5-7H2,1H3. The first kappa shape index (κ1) is 8.04. The summed E-state index contributed by atoms with van der Waals surface area (Å²) in [4.78, 5) is 14.3. The number of para-hydroxylation sites is 1. The van der Waals surface area contributed by atoms with Crippen LogP contribution in [0.1, 0.15) is 22.8 Å². The molecule has 1 aromatic rings. The van der Waals surface area contributed by atoms with Crippen LogP contribution in [-0.2, 0) is 6.42 Å². The molecule has 2 aliphatic heterocycles. The monoisotopic (exact) mass is 187 g/mol. The lowest BCUT2D eigenvalue weighted by Crippen LogP contribution is -2.36. The lowest BCUT2D eigenvalue weighted by molar-refractivity contribution is 0.0927. The molecular formula is C12H13NO. The minimum absolute atomic E-state index is 0.163. The van der Waals surface area contributed by atoms with Gasteiger partial charge in [-0.1, -0.05) is 19.1 Å². The van der Waals surface area contributed by atoms with Crippen LogP contribution >= 0.6 is 0 Å². The van der Waals surface area contributed by atoms with Gasteiger partial charge >= 0.3 is 0 Å². The number of benzene rings is 1. The minimum Gasteiger partial charge on any atom is -0.370 e. The summed E-state index contributed by atoms with van der Waals surface area (Å²) in [7, 11) is 0. The number of carbonyl (C=O) groups is 1. The number of anilines is 1. The number of ketones is 1. The summed E-state index contributed by atoms with van der Waals surface area (Å²) < 4.78 is 0. The maximum absolute atomic E-state index is 11.9. The van der Waals surface area contributed by atoms with Crippen molar-refractivity contribution in [2.75, 3.05) is 18.0 Å². The van der Waals surface area contributed by atoms with E-state index < -0.39 is 0 Å². The minimum atomic E-state index is 0.163. The van der Waals surface area contributed by atoms with E-state index in [-0.39, 0.29) is 5.92 Å². The molecule has 0 radical (unpaired) electrons. The molecule has 1 atom stereocenters. The Morgan fingerprint density at radius 3 is 3.14 bits per heavy atom. The smallest absolute Gasteiger partial charge is 0.169 e. The summed E-state index contributed by atoms with van der Waals surface area (Å²) in [6.45, 7) is 4.02. The number of rotatable bonds is 0. The number of Topliss-reactive ketones (excluding diaryl/α,β-unsaturated/α-hetero) is 1. The van der Waals surface area contributed by atoms with Gasteiger partial charge in [0.15, 0.2) is 5.78 Å². The fourth-order valence-electron chi connectivity index (χ4n) is 2.59. The van der Waals surface area contributed by atoms with Crippen molar-refractivity contribution in [3.63, 3.8) is 0 Å². The van der Waals surface area contributed by atoms with Crippen molar-refractivity contribution < 1.29 is 4.79 Å². The topological polar surface area (TPSA) is 20.3 Å². The van der Waals surface area contributed by atoms with Crippen molar-refractivity contribution in [1.29, 1.82) is 0 Å². The van der Waals surface area contributed by atoms with Gasteiger partial charge in [0, 0.05) is 24.6 Å². The predicted octanol–water partition coefficient (Wildman–Crippen LogP) is 1.88. The molecule has 2 nitrogen and oxygen atoms in total. The van der Waals surface area contributed by atoms with Gasteiger partial charge in [-0.15, -0.1) is 0 Å². The Balaban J connectivity index is 2.24. The Kier molecular flexibility index (Phi) is 1.49. The van der Waals surface area contributed by atoms with Crippen LogP contribution in [0.15, 0.2) is 18.2 Å². The van der Waals surface area contributed by atoms with Gasteiger partial charge in [0.05, 0.1) is 5.69 Å². The molecule has 2 heterocycles. The summed E-state index contributed by atoms with van der Waals surface area (Å²) in [5, 5.41) is 0. The molecule has 0 spiro atoms. The number of hydrogen-bond donors (Lipinski definition) is 0. The number of carbonyl (C=O) groups excluding carboxylic acids is 1. The van der Waals surface area contributed by atoms with Gasteiger partial charge in [-0.05, 0) is 18.1 Å². The van der Waals surface area contributed by atoms with Gasteiger partial charge in [0.25, 0.3) is 0 Å². The van der Waals surface area contributed by atoms with E-state index in [1.54, 1.807) is 0 Å². The molecule has 2 aliphatic rings. The molecule has 0 saturated carbocycles. The van der Waals surface area contributed by atoms with Crippen molar-refractivity contribution in [3.8, 4) is 0 Å². The molecule has 1 unspecified atom stereocenters. The molecule has 0 fully saturated rings. The van der Waals surface area contributed by atoms with Crippen molar-refractivity contribution in [3.05, 3.63) is 29.3 Å². The van der Waals surface area contributed by atoms with Crippen LogP contribution < -0.4 is 4.90 Å². The quantitative estimate of drug-likeness (QED) is 0.618. The zero-order valence-electron chi connectivity index (χ0n) is 8.29. The van der Waals surface area contributed by atoms with Gasteiger partial charge in [0.1, 0.15) is 0 Å². The SMILES string of the molecule is CC1CN2CCc3cccc(c32)C1=O. The molecule has 0 saturated heterocycles. The van der Waals surface area contributed by atoms with E-state index in [1.165, 1.54) is 11.3 Å². The average Bonchev–Trinajstić information content (AvgIpc) is 2.59. The molecule has 2 heteroatoms. The second kappa shape index (κ2) is 2.59. The zero-order chi connectivity index (χ0) is 9.71. The third kappa shape index (κ3) is 0.884. The van der Waals surface area contributed by atoms with Gasteiger partial charge < -0.3 is 4.90 Å². The largest absolute Gasteiger partial charge is 0.370 e. The van der Waals surface area contributed by atoms with Crippen molar-refractivity contribution in [2.24, 2.45) is 5.92 Å². The van der Waals surface area contributed by atoms with E-state index in [2.05, 4.69) is 11.0 Å². The molecule has 14 heavy (non-hydrogen) atoms. The number of nitrogens with zero attached hydrogens (tertiary/aromatic N) is 1. The van der Waals surface area contributed by atoms with Crippen molar-refractivity contribution in [1.82, 2.24) is 0 Å². The number of hydrogen-bond acceptors (Lipinski definition) is 2. The third-order valence-electron chi connectivity index (χ3n) is 3.29. The zero-order valence-corrected chi connectivity index (χ0v) is 8.29. The van der Waals surface area contributed by atoms with Crippen LogP contribution in [0.2, 0.25) is 0 Å². The third-order valence-corrected chi connectivity index (χ3v) is 3.29. The van der Waals surface area contributed by atoms with Crippen molar-refractivity contribution >= 4 is 11.5 Å². The normalized spacial score (nSPS) is 23.9. The predicted molar refractivity (Wildman–Crippen MR) is 55.9 cm³/mol. The van der Waals surface area contributed by atoms with E-state index in [0.717, 1.165) is 25.1 Å². The average molecular weight is 187 g/mol. The molecule has 0 bridgehead atoms. The molecule has 0 amide bonds. The summed E-state index contributed by atoms with van der Waals surface area (Å²) in [5.74, 6) is 0.482. The van der Waals surface area contributed by atoms with Crippen LogP contribution in [0.4, 0.5) is 5.69 Å². The first-order chi connectivity index (χ1) is 6.77. The highest BCUT2D eigenvalue weighted by molar-refractivity contribution is 6.05. The van der Waals surface area contributed by atoms with Crippen molar-refractivity contribution in [2.45, 2.75) is 13.3 Å². The van der Waals surface area contributed by atoms with Gasteiger partial charge in [-0.3, -0.25) is 4.79 Å². The molecule has 0 aliphatic carbocycles. The van der Waals surface area contributed by atoms with Crippen LogP contribution in [0.5, 0.6) is 0 Å². The maximum Gasteiger partial charge on any atom is 0.169 e. The molecule has 0 N–H and O–H groups in total. The lowest BCUT2D eigenvalue weighted by atomic mass is 9.92. The Bertz CT molecular complexity index is 411.